The molecule has 1 unspecified atom stereocenters. The number of nitrogens with one attached hydrogen (secondary N) is 1. The Bertz CT molecular complexity index is 115. The van der Waals surface area contributed by atoms with Gasteiger partial charge in [-0.25, -0.2) is 0 Å². The molecule has 1 heterocycles. The van der Waals surface area contributed by atoms with Crippen molar-refractivity contribution in [1.82, 2.24) is 5.32 Å². The molecular formula is C4H7IN2O. The van der Waals surface area contributed by atoms with Gasteiger partial charge in [0.1, 0.15) is 0 Å². The van der Waals surface area contributed by atoms with Crippen molar-refractivity contribution in [2.75, 3.05) is 13.1 Å². The molecule has 1 atom stereocenters. The Labute approximate surface area is 61.3 Å². The lowest BCUT2D eigenvalue weighted by atomic mass is 10.3. The molecule has 2 N–H and O–H groups in total. The van der Waals surface area contributed by atoms with Crippen LogP contribution in [0.3, 0.4) is 0 Å². The Balaban J connectivity index is 2.55. The normalized spacial score (nSPS) is 34.1. The molecule has 4 heteroatoms. The number of hydrogen-bond acceptors (Lipinski definition) is 3. The zero-order valence-corrected chi connectivity index (χ0v) is 6.42. The lowest BCUT2D eigenvalue weighted by Gasteiger charge is -1.92. The lowest BCUT2D eigenvalue weighted by molar-refractivity contribution is 0.318. The average molecular weight is 226 g/mol. The second kappa shape index (κ2) is 2.63. The molecule has 0 aromatic carbocycles. The lowest BCUT2D eigenvalue weighted by Crippen LogP contribution is -2.09. The van der Waals surface area contributed by atoms with Gasteiger partial charge < -0.3 is 10.5 Å². The van der Waals surface area contributed by atoms with Crippen LogP contribution < -0.4 is 5.32 Å². The van der Waals surface area contributed by atoms with Gasteiger partial charge in [-0.1, -0.05) is 27.7 Å². The molecule has 0 amide bonds. The zero-order valence-electron chi connectivity index (χ0n) is 4.26. The van der Waals surface area contributed by atoms with Crippen LogP contribution in [-0.2, 0) is 0 Å². The third kappa shape index (κ3) is 1.11. The van der Waals surface area contributed by atoms with Crippen LogP contribution in [0.2, 0.25) is 0 Å². The van der Waals surface area contributed by atoms with Gasteiger partial charge in [0, 0.05) is 13.1 Å². The van der Waals surface area contributed by atoms with E-state index < -0.39 is 0 Å². The van der Waals surface area contributed by atoms with E-state index in [1.54, 1.807) is 0 Å². The summed E-state index contributed by atoms with van der Waals surface area (Å²) in [4.78, 5) is 0. The highest BCUT2D eigenvalue weighted by Crippen LogP contribution is 2.06. The zero-order chi connectivity index (χ0) is 5.98. The molecule has 46 valence electrons. The van der Waals surface area contributed by atoms with Crippen LogP contribution in [0.25, 0.3) is 0 Å². The fraction of sp³-hybridized carbons (Fsp3) is 0.750. The number of hydrogen-bond donors (Lipinski definition) is 2. The highest BCUT2D eigenvalue weighted by atomic mass is 127. The first-order chi connectivity index (χ1) is 3.84. The van der Waals surface area contributed by atoms with Crippen LogP contribution >= 0.6 is 22.6 Å². The summed E-state index contributed by atoms with van der Waals surface area (Å²) in [5, 5.41) is 14.5. The number of alkyl halides is 1. The minimum absolute atomic E-state index is 0.387. The molecule has 0 radical (unpaired) electrons. The maximum Gasteiger partial charge on any atom is 0.0849 e. The van der Waals surface area contributed by atoms with Crippen LogP contribution in [0, 0.1) is 0 Å². The second-order valence-corrected chi connectivity index (χ2v) is 3.19. The fourth-order valence-corrected chi connectivity index (χ4v) is 1.31. The standard InChI is InChI=1S/C4H7IN2O/c5-3-1-6-2-4(3)7-8/h3,6,8H,1-2H2/b7-4+. The Morgan fingerprint density at radius 2 is 2.62 bits per heavy atom. The van der Waals surface area contributed by atoms with Crippen molar-refractivity contribution in [1.29, 1.82) is 0 Å². The van der Waals surface area contributed by atoms with Crippen LogP contribution in [0.4, 0.5) is 0 Å². The van der Waals surface area contributed by atoms with Crippen LogP contribution in [0.5, 0.6) is 0 Å². The Hall–Kier alpha value is 0.160. The number of rotatable bonds is 0. The number of nitrogens with zero attached hydrogens (tertiary/aromatic N) is 1. The monoisotopic (exact) mass is 226 g/mol. The fourth-order valence-electron chi connectivity index (χ4n) is 0.654. The van der Waals surface area contributed by atoms with E-state index >= 15 is 0 Å². The molecule has 0 aromatic rings. The summed E-state index contributed by atoms with van der Waals surface area (Å²) in [5.74, 6) is 0. The van der Waals surface area contributed by atoms with E-state index in [-0.39, 0.29) is 0 Å². The molecular weight excluding hydrogens is 219 g/mol. The molecule has 0 aromatic heterocycles. The van der Waals surface area contributed by atoms with Crippen molar-refractivity contribution >= 4 is 28.3 Å². The Kier molecular flexibility index (Phi) is 2.07. The first-order valence-electron chi connectivity index (χ1n) is 2.40. The smallest absolute Gasteiger partial charge is 0.0849 e. The molecule has 0 aliphatic carbocycles. The van der Waals surface area contributed by atoms with Gasteiger partial charge in [0.15, 0.2) is 0 Å². The molecule has 1 saturated heterocycles. The van der Waals surface area contributed by atoms with E-state index in [1.165, 1.54) is 0 Å². The summed E-state index contributed by atoms with van der Waals surface area (Å²) in [6.45, 7) is 1.67. The van der Waals surface area contributed by atoms with Gasteiger partial charge in [0.2, 0.25) is 0 Å². The van der Waals surface area contributed by atoms with E-state index in [2.05, 4.69) is 33.1 Å². The molecule has 1 aliphatic heterocycles. The van der Waals surface area contributed by atoms with Crippen LogP contribution in [0.15, 0.2) is 5.16 Å². The minimum atomic E-state index is 0.387. The third-order valence-electron chi connectivity index (χ3n) is 1.12. The van der Waals surface area contributed by atoms with Crippen molar-refractivity contribution in [2.45, 2.75) is 3.92 Å². The van der Waals surface area contributed by atoms with Crippen molar-refractivity contribution < 1.29 is 5.21 Å². The topological polar surface area (TPSA) is 44.6 Å². The van der Waals surface area contributed by atoms with Gasteiger partial charge in [-0.05, 0) is 0 Å². The summed E-state index contributed by atoms with van der Waals surface area (Å²) in [5.41, 5.74) is 0.852. The Morgan fingerprint density at radius 1 is 1.88 bits per heavy atom. The van der Waals surface area contributed by atoms with E-state index in [4.69, 9.17) is 5.21 Å². The van der Waals surface area contributed by atoms with E-state index in [9.17, 15) is 0 Å². The molecule has 1 fully saturated rings. The summed E-state index contributed by atoms with van der Waals surface area (Å²) in [6, 6.07) is 0. The van der Waals surface area contributed by atoms with Crippen LogP contribution in [-0.4, -0.2) is 27.9 Å². The van der Waals surface area contributed by atoms with E-state index in [0.29, 0.717) is 3.92 Å². The highest BCUT2D eigenvalue weighted by Gasteiger charge is 2.18. The molecule has 0 saturated carbocycles. The maximum atomic E-state index is 8.28. The second-order valence-electron chi connectivity index (χ2n) is 1.69. The number of halogens is 1. The van der Waals surface area contributed by atoms with Gasteiger partial charge in [-0.15, -0.1) is 0 Å². The maximum absolute atomic E-state index is 8.28. The van der Waals surface area contributed by atoms with E-state index in [1.807, 2.05) is 0 Å². The molecule has 3 nitrogen and oxygen atoms in total. The summed E-state index contributed by atoms with van der Waals surface area (Å²) in [6.07, 6.45) is 0. The minimum Gasteiger partial charge on any atom is -0.411 e. The highest BCUT2D eigenvalue weighted by molar-refractivity contribution is 14.1. The molecule has 1 aliphatic rings. The van der Waals surface area contributed by atoms with Crippen LogP contribution in [0.1, 0.15) is 0 Å². The van der Waals surface area contributed by atoms with Gasteiger partial charge >= 0.3 is 0 Å². The largest absolute Gasteiger partial charge is 0.411 e. The van der Waals surface area contributed by atoms with Gasteiger partial charge in [-0.3, -0.25) is 0 Å². The SMILES string of the molecule is O/N=C1\CNCC1I. The summed E-state index contributed by atoms with van der Waals surface area (Å²) < 4.78 is 0.387. The van der Waals surface area contributed by atoms with Crippen molar-refractivity contribution in [3.05, 3.63) is 0 Å². The van der Waals surface area contributed by atoms with Gasteiger partial charge in [-0.2, -0.15) is 0 Å². The first-order valence-corrected chi connectivity index (χ1v) is 3.65. The number of oxime groups is 1. The Morgan fingerprint density at radius 3 is 2.88 bits per heavy atom. The molecule has 0 bridgehead atoms. The molecule has 8 heavy (non-hydrogen) atoms. The van der Waals surface area contributed by atoms with Crippen molar-refractivity contribution in [2.24, 2.45) is 5.16 Å². The molecule has 0 spiro atoms. The van der Waals surface area contributed by atoms with Crippen molar-refractivity contribution in [3.8, 4) is 0 Å². The summed E-state index contributed by atoms with van der Waals surface area (Å²) in [7, 11) is 0. The van der Waals surface area contributed by atoms with E-state index in [0.717, 1.165) is 18.8 Å². The van der Waals surface area contributed by atoms with Crippen molar-refractivity contribution in [3.63, 3.8) is 0 Å². The first kappa shape index (κ1) is 6.28. The summed E-state index contributed by atoms with van der Waals surface area (Å²) >= 11 is 2.24. The third-order valence-corrected chi connectivity index (χ3v) is 2.28. The predicted molar refractivity (Wildman–Crippen MR) is 39.9 cm³/mol. The van der Waals surface area contributed by atoms with Gasteiger partial charge in [0.05, 0.1) is 9.64 Å². The predicted octanol–water partition coefficient (Wildman–Crippen LogP) is 0.223. The molecule has 1 rings (SSSR count). The quantitative estimate of drug-likeness (QED) is 0.268. The van der Waals surface area contributed by atoms with Gasteiger partial charge in [0.25, 0.3) is 0 Å². The average Bonchev–Trinajstić information content (AvgIpc) is 2.14.